The lowest BCUT2D eigenvalue weighted by molar-refractivity contribution is 0.292. The van der Waals surface area contributed by atoms with Gasteiger partial charge in [0, 0.05) is 24.9 Å². The van der Waals surface area contributed by atoms with Gasteiger partial charge in [0.1, 0.15) is 11.3 Å². The van der Waals surface area contributed by atoms with Gasteiger partial charge < -0.3 is 14.8 Å². The smallest absolute Gasteiger partial charge is 0.137 e. The lowest BCUT2D eigenvalue weighted by Crippen LogP contribution is -2.17. The van der Waals surface area contributed by atoms with Crippen LogP contribution < -0.4 is 5.32 Å². The molecular weight excluding hydrogens is 274 g/mol. The lowest BCUT2D eigenvalue weighted by atomic mass is 10.1. The molecule has 3 rings (SSSR count). The Morgan fingerprint density at radius 1 is 1.09 bits per heavy atom. The van der Waals surface area contributed by atoms with Crippen LogP contribution >= 0.6 is 0 Å². The summed E-state index contributed by atoms with van der Waals surface area (Å²) in [5.74, 6) is 0.991. The maximum absolute atomic E-state index is 8.85. The van der Waals surface area contributed by atoms with Gasteiger partial charge in [0.2, 0.25) is 0 Å². The van der Waals surface area contributed by atoms with Gasteiger partial charge in [0.25, 0.3) is 0 Å². The van der Waals surface area contributed by atoms with E-state index in [2.05, 4.69) is 42.6 Å². The minimum Gasteiger partial charge on any atom is -0.460 e. The van der Waals surface area contributed by atoms with Crippen LogP contribution in [0.2, 0.25) is 0 Å². The first-order valence-electron chi connectivity index (χ1n) is 7.64. The third-order valence-corrected chi connectivity index (χ3v) is 3.92. The fourth-order valence-electron chi connectivity index (χ4n) is 2.71. The summed E-state index contributed by atoms with van der Waals surface area (Å²) in [5, 5.41) is 13.2. The maximum atomic E-state index is 8.85. The van der Waals surface area contributed by atoms with Crippen molar-refractivity contribution in [1.82, 2.24) is 5.32 Å². The highest BCUT2D eigenvalue weighted by Crippen LogP contribution is 2.26. The van der Waals surface area contributed by atoms with Crippen LogP contribution in [0, 0.1) is 6.92 Å². The van der Waals surface area contributed by atoms with E-state index < -0.39 is 0 Å². The van der Waals surface area contributed by atoms with Crippen LogP contribution in [0.15, 0.2) is 52.9 Å². The molecule has 1 heterocycles. The van der Waals surface area contributed by atoms with E-state index in [1.54, 1.807) is 0 Å². The van der Waals surface area contributed by atoms with E-state index in [9.17, 15) is 0 Å². The summed E-state index contributed by atoms with van der Waals surface area (Å²) >= 11 is 0. The third-order valence-electron chi connectivity index (χ3n) is 3.92. The fourth-order valence-corrected chi connectivity index (χ4v) is 2.71. The van der Waals surface area contributed by atoms with Gasteiger partial charge in [-0.2, -0.15) is 0 Å². The van der Waals surface area contributed by atoms with Crippen LogP contribution in [-0.4, -0.2) is 18.3 Å². The molecular formula is C19H21NO2. The molecule has 114 valence electrons. The highest BCUT2D eigenvalue weighted by Gasteiger charge is 2.10. The van der Waals surface area contributed by atoms with Crippen molar-refractivity contribution >= 4 is 11.0 Å². The van der Waals surface area contributed by atoms with Gasteiger partial charge in [-0.25, -0.2) is 0 Å². The predicted octanol–water partition coefficient (Wildman–Crippen LogP) is 3.41. The molecule has 0 aliphatic carbocycles. The second-order valence-electron chi connectivity index (χ2n) is 5.54. The van der Waals surface area contributed by atoms with Crippen molar-refractivity contribution in [3.05, 3.63) is 71.0 Å². The molecule has 3 nitrogen and oxygen atoms in total. The molecule has 0 atom stereocenters. The quantitative estimate of drug-likeness (QED) is 0.685. The molecule has 2 aromatic carbocycles. The number of aliphatic hydroxyl groups excluding tert-OH is 1. The Morgan fingerprint density at radius 3 is 2.68 bits per heavy atom. The van der Waals surface area contributed by atoms with Crippen molar-refractivity contribution in [2.45, 2.75) is 19.9 Å². The maximum Gasteiger partial charge on any atom is 0.137 e. The highest BCUT2D eigenvalue weighted by atomic mass is 16.3. The molecule has 0 aliphatic heterocycles. The summed E-state index contributed by atoms with van der Waals surface area (Å²) in [4.78, 5) is 0. The first-order chi connectivity index (χ1) is 10.8. The van der Waals surface area contributed by atoms with Crippen LogP contribution in [0.1, 0.15) is 22.5 Å². The first-order valence-corrected chi connectivity index (χ1v) is 7.64. The lowest BCUT2D eigenvalue weighted by Gasteiger charge is -2.07. The number of benzene rings is 2. The zero-order chi connectivity index (χ0) is 15.4. The van der Waals surface area contributed by atoms with Crippen molar-refractivity contribution in [3.63, 3.8) is 0 Å². The number of aliphatic hydroxyl groups is 1. The van der Waals surface area contributed by atoms with E-state index in [-0.39, 0.29) is 6.61 Å². The van der Waals surface area contributed by atoms with Gasteiger partial charge in [-0.1, -0.05) is 42.5 Å². The number of aryl methyl sites for hydroxylation is 1. The van der Waals surface area contributed by atoms with E-state index >= 15 is 0 Å². The molecule has 3 aromatic rings. The first kappa shape index (κ1) is 14.8. The van der Waals surface area contributed by atoms with Crippen molar-refractivity contribution in [1.29, 1.82) is 0 Å². The SMILES string of the molecule is Cc1c(CNCCO)ccc2cc(Cc3ccccc3)oc12. The second kappa shape index (κ2) is 6.77. The molecule has 0 saturated carbocycles. The third kappa shape index (κ3) is 3.21. The number of hydrogen-bond acceptors (Lipinski definition) is 3. The van der Waals surface area contributed by atoms with E-state index in [1.165, 1.54) is 16.7 Å². The van der Waals surface area contributed by atoms with Crippen LogP contribution in [0.5, 0.6) is 0 Å². The summed E-state index contributed by atoms with van der Waals surface area (Å²) in [6, 6.07) is 16.7. The standard InChI is InChI=1S/C19H21NO2/c1-14-17(13-20-9-10-21)8-7-16-12-18(22-19(14)16)11-15-5-3-2-4-6-15/h2-8,12,20-21H,9-11,13H2,1H3. The molecule has 2 N–H and O–H groups in total. The van der Waals surface area contributed by atoms with Gasteiger partial charge in [0.15, 0.2) is 0 Å². The molecule has 22 heavy (non-hydrogen) atoms. The molecule has 3 heteroatoms. The molecule has 0 radical (unpaired) electrons. The van der Waals surface area contributed by atoms with Gasteiger partial charge >= 0.3 is 0 Å². The minimum atomic E-state index is 0.156. The van der Waals surface area contributed by atoms with Gasteiger partial charge in [-0.15, -0.1) is 0 Å². The zero-order valence-corrected chi connectivity index (χ0v) is 12.8. The average molecular weight is 295 g/mol. The summed E-state index contributed by atoms with van der Waals surface area (Å²) in [6.45, 7) is 3.60. The monoisotopic (exact) mass is 295 g/mol. The zero-order valence-electron chi connectivity index (χ0n) is 12.8. The van der Waals surface area contributed by atoms with Crippen molar-refractivity contribution in [2.75, 3.05) is 13.2 Å². The summed E-state index contributed by atoms with van der Waals surface area (Å²) in [5.41, 5.74) is 4.60. The second-order valence-corrected chi connectivity index (χ2v) is 5.54. The van der Waals surface area contributed by atoms with Crippen LogP contribution in [0.25, 0.3) is 11.0 Å². The topological polar surface area (TPSA) is 45.4 Å². The Balaban J connectivity index is 1.84. The largest absolute Gasteiger partial charge is 0.460 e. The Kier molecular flexibility index (Phi) is 4.56. The molecule has 0 saturated heterocycles. The molecule has 0 fully saturated rings. The van der Waals surface area contributed by atoms with Crippen LogP contribution in [-0.2, 0) is 13.0 Å². The van der Waals surface area contributed by atoms with Crippen LogP contribution in [0.3, 0.4) is 0 Å². The molecule has 0 bridgehead atoms. The molecule has 0 aliphatic rings. The number of nitrogens with one attached hydrogen (secondary N) is 1. The highest BCUT2D eigenvalue weighted by molar-refractivity contribution is 5.82. The Labute approximate surface area is 130 Å². The number of furan rings is 1. The Morgan fingerprint density at radius 2 is 1.91 bits per heavy atom. The van der Waals surface area contributed by atoms with Crippen molar-refractivity contribution in [2.24, 2.45) is 0 Å². The fraction of sp³-hybridized carbons (Fsp3) is 0.263. The molecule has 1 aromatic heterocycles. The normalized spacial score (nSPS) is 11.2. The van der Waals surface area contributed by atoms with Gasteiger partial charge in [-0.3, -0.25) is 0 Å². The van der Waals surface area contributed by atoms with E-state index in [4.69, 9.17) is 9.52 Å². The van der Waals surface area contributed by atoms with E-state index in [1.807, 2.05) is 18.2 Å². The Bertz CT molecular complexity index is 747. The van der Waals surface area contributed by atoms with Gasteiger partial charge in [0.05, 0.1) is 6.61 Å². The summed E-state index contributed by atoms with van der Waals surface area (Å²) < 4.78 is 6.07. The van der Waals surface area contributed by atoms with Gasteiger partial charge in [-0.05, 0) is 29.7 Å². The van der Waals surface area contributed by atoms with Crippen LogP contribution in [0.4, 0.5) is 0 Å². The molecule has 0 amide bonds. The minimum absolute atomic E-state index is 0.156. The predicted molar refractivity (Wildman–Crippen MR) is 89.0 cm³/mol. The molecule has 0 spiro atoms. The van der Waals surface area contributed by atoms with E-state index in [0.717, 1.165) is 29.7 Å². The number of hydrogen-bond donors (Lipinski definition) is 2. The van der Waals surface area contributed by atoms with Crippen molar-refractivity contribution in [3.8, 4) is 0 Å². The summed E-state index contributed by atoms with van der Waals surface area (Å²) in [6.07, 6.45) is 0.813. The van der Waals surface area contributed by atoms with Crippen molar-refractivity contribution < 1.29 is 9.52 Å². The van der Waals surface area contributed by atoms with E-state index in [0.29, 0.717) is 6.54 Å². The molecule has 0 unspecified atom stereocenters. The summed E-state index contributed by atoms with van der Waals surface area (Å²) in [7, 11) is 0. The Hall–Kier alpha value is -2.10. The number of fused-ring (bicyclic) bond motifs is 1. The number of rotatable bonds is 6. The average Bonchev–Trinajstić information content (AvgIpc) is 2.94.